The molecule has 1 aromatic heterocycles. The molecule has 0 bridgehead atoms. The van der Waals surface area contributed by atoms with Crippen molar-refractivity contribution in [2.75, 3.05) is 56.7 Å². The lowest BCUT2D eigenvalue weighted by atomic mass is 10.1. The van der Waals surface area contributed by atoms with Crippen molar-refractivity contribution in [2.24, 2.45) is 0 Å². The van der Waals surface area contributed by atoms with Gasteiger partial charge in [0, 0.05) is 37.6 Å². The molecule has 2 heterocycles. The van der Waals surface area contributed by atoms with Gasteiger partial charge < -0.3 is 24.6 Å². The second kappa shape index (κ2) is 11.6. The van der Waals surface area contributed by atoms with E-state index in [2.05, 4.69) is 33.9 Å². The number of nitrogens with zero attached hydrogens (tertiary/aromatic N) is 3. The molecule has 0 saturated carbocycles. The molecule has 0 radical (unpaired) electrons. The molecule has 1 saturated heterocycles. The van der Waals surface area contributed by atoms with E-state index in [0.29, 0.717) is 29.4 Å². The molecule has 0 spiro atoms. The van der Waals surface area contributed by atoms with Crippen LogP contribution in [0.3, 0.4) is 0 Å². The summed E-state index contributed by atoms with van der Waals surface area (Å²) in [6.45, 7) is 9.50. The van der Waals surface area contributed by atoms with Crippen LogP contribution in [0.1, 0.15) is 43.5 Å². The van der Waals surface area contributed by atoms with Crippen molar-refractivity contribution < 1.29 is 14.3 Å². The predicted molar refractivity (Wildman–Crippen MR) is 125 cm³/mol. The maximum Gasteiger partial charge on any atom is 0.259 e. The summed E-state index contributed by atoms with van der Waals surface area (Å²) < 4.78 is 11.4. The molecule has 1 aliphatic rings. The first kappa shape index (κ1) is 22.9. The van der Waals surface area contributed by atoms with Gasteiger partial charge in [-0.1, -0.05) is 13.8 Å². The molecule has 7 nitrogen and oxygen atoms in total. The fourth-order valence-electron chi connectivity index (χ4n) is 3.82. The first-order valence-electron chi connectivity index (χ1n) is 11.2. The highest BCUT2D eigenvalue weighted by atomic mass is 16.5. The number of ether oxygens (including phenoxy) is 2. The highest BCUT2D eigenvalue weighted by molar-refractivity contribution is 6.07. The number of aromatic nitrogens is 1. The number of likely N-dealkylation sites (N-methyl/N-ethyl adjacent to an activating group) is 1. The van der Waals surface area contributed by atoms with E-state index in [1.54, 1.807) is 19.4 Å². The molecule has 168 valence electrons. The Morgan fingerprint density at radius 2 is 1.90 bits per heavy atom. The summed E-state index contributed by atoms with van der Waals surface area (Å²) in [5.41, 5.74) is 1.25. The van der Waals surface area contributed by atoms with Crippen LogP contribution in [0.5, 0.6) is 11.5 Å². The van der Waals surface area contributed by atoms with Crippen LogP contribution in [0.15, 0.2) is 36.5 Å². The van der Waals surface area contributed by atoms with E-state index in [4.69, 9.17) is 9.47 Å². The van der Waals surface area contributed by atoms with Crippen LogP contribution in [0.25, 0.3) is 0 Å². The van der Waals surface area contributed by atoms with E-state index in [1.807, 2.05) is 24.3 Å². The Morgan fingerprint density at radius 3 is 2.61 bits per heavy atom. The number of carbonyl (C=O) groups excluding carboxylic acids is 1. The maximum absolute atomic E-state index is 13.1. The van der Waals surface area contributed by atoms with Crippen LogP contribution < -0.4 is 19.7 Å². The number of hydrogen-bond donors (Lipinski definition) is 1. The number of pyridine rings is 1. The molecule has 1 amide bonds. The summed E-state index contributed by atoms with van der Waals surface area (Å²) in [6.07, 6.45) is 5.23. The van der Waals surface area contributed by atoms with Crippen molar-refractivity contribution >= 4 is 17.4 Å². The molecule has 0 aliphatic carbocycles. The first-order chi connectivity index (χ1) is 15.2. The molecule has 3 rings (SSSR count). The molecule has 1 fully saturated rings. The van der Waals surface area contributed by atoms with Crippen molar-refractivity contribution in [1.29, 1.82) is 0 Å². The zero-order chi connectivity index (χ0) is 22.1. The van der Waals surface area contributed by atoms with Crippen molar-refractivity contribution in [3.8, 4) is 11.5 Å². The lowest BCUT2D eigenvalue weighted by Gasteiger charge is -2.29. The molecule has 0 unspecified atom stereocenters. The van der Waals surface area contributed by atoms with E-state index < -0.39 is 0 Å². The zero-order valence-corrected chi connectivity index (χ0v) is 18.9. The summed E-state index contributed by atoms with van der Waals surface area (Å²) in [5.74, 6) is 1.85. The number of carbonyl (C=O) groups is 1. The van der Waals surface area contributed by atoms with Crippen LogP contribution in [0, 0.1) is 0 Å². The third-order valence-electron chi connectivity index (χ3n) is 5.67. The topological polar surface area (TPSA) is 66.9 Å². The minimum Gasteiger partial charge on any atom is -0.493 e. The van der Waals surface area contributed by atoms with Gasteiger partial charge in [0.05, 0.1) is 12.7 Å². The summed E-state index contributed by atoms with van der Waals surface area (Å²) in [5, 5.41) is 3.00. The Hall–Kier alpha value is -2.80. The van der Waals surface area contributed by atoms with Gasteiger partial charge in [-0.05, 0) is 56.6 Å². The van der Waals surface area contributed by atoms with E-state index in [-0.39, 0.29) is 5.91 Å². The minimum absolute atomic E-state index is 0.173. The largest absolute Gasteiger partial charge is 0.493 e. The number of piperidine rings is 1. The number of anilines is 2. The standard InChI is InChI=1S/C24H34N4O3/c1-4-27(5-2)16-17-31-22-18-19(11-12-21(22)30-3)26-24(29)20-10-9-13-25-23(20)28-14-7-6-8-15-28/h9-13,18H,4-8,14-17H2,1-3H3,(H,26,29). The van der Waals surface area contributed by atoms with Gasteiger partial charge in [-0.3, -0.25) is 4.79 Å². The number of amides is 1. The lowest BCUT2D eigenvalue weighted by Crippen LogP contribution is -2.32. The van der Waals surface area contributed by atoms with Gasteiger partial charge in [-0.15, -0.1) is 0 Å². The van der Waals surface area contributed by atoms with Crippen LogP contribution in [-0.4, -0.2) is 62.2 Å². The van der Waals surface area contributed by atoms with E-state index in [9.17, 15) is 4.79 Å². The Kier molecular flexibility index (Phi) is 8.53. The Labute approximate surface area is 185 Å². The number of nitrogens with one attached hydrogen (secondary N) is 1. The average Bonchev–Trinajstić information content (AvgIpc) is 2.82. The van der Waals surface area contributed by atoms with Crippen molar-refractivity contribution in [3.05, 3.63) is 42.1 Å². The van der Waals surface area contributed by atoms with E-state index >= 15 is 0 Å². The smallest absolute Gasteiger partial charge is 0.259 e. The maximum atomic E-state index is 13.1. The number of methoxy groups -OCH3 is 1. The SMILES string of the molecule is CCN(CC)CCOc1cc(NC(=O)c2cccnc2N2CCCCC2)ccc1OC. The van der Waals surface area contributed by atoms with Gasteiger partial charge in [-0.25, -0.2) is 4.98 Å². The Bertz CT molecular complexity index is 848. The third kappa shape index (κ3) is 6.10. The quantitative estimate of drug-likeness (QED) is 0.618. The fourth-order valence-corrected chi connectivity index (χ4v) is 3.82. The van der Waals surface area contributed by atoms with Gasteiger partial charge in [0.25, 0.3) is 5.91 Å². The Morgan fingerprint density at radius 1 is 1.13 bits per heavy atom. The van der Waals surface area contributed by atoms with Gasteiger partial charge in [0.15, 0.2) is 11.5 Å². The lowest BCUT2D eigenvalue weighted by molar-refractivity contribution is 0.102. The fraction of sp³-hybridized carbons (Fsp3) is 0.500. The highest BCUT2D eigenvalue weighted by Gasteiger charge is 2.20. The molecular weight excluding hydrogens is 392 g/mol. The molecule has 7 heteroatoms. The van der Waals surface area contributed by atoms with E-state index in [1.165, 1.54) is 6.42 Å². The minimum atomic E-state index is -0.173. The molecule has 31 heavy (non-hydrogen) atoms. The van der Waals surface area contributed by atoms with Crippen LogP contribution in [0.2, 0.25) is 0 Å². The predicted octanol–water partition coefficient (Wildman–Crippen LogP) is 4.05. The summed E-state index contributed by atoms with van der Waals surface area (Å²) in [4.78, 5) is 22.1. The Balaban J connectivity index is 1.71. The molecule has 1 aliphatic heterocycles. The van der Waals surface area contributed by atoms with Crippen molar-refractivity contribution in [3.63, 3.8) is 0 Å². The zero-order valence-electron chi connectivity index (χ0n) is 18.9. The van der Waals surface area contributed by atoms with Gasteiger partial charge in [-0.2, -0.15) is 0 Å². The van der Waals surface area contributed by atoms with Crippen LogP contribution in [0.4, 0.5) is 11.5 Å². The van der Waals surface area contributed by atoms with Crippen LogP contribution >= 0.6 is 0 Å². The average molecular weight is 427 g/mol. The molecular formula is C24H34N4O3. The van der Waals surface area contributed by atoms with Gasteiger partial charge in [0.2, 0.25) is 0 Å². The van der Waals surface area contributed by atoms with Crippen molar-refractivity contribution in [2.45, 2.75) is 33.1 Å². The molecule has 1 N–H and O–H groups in total. The summed E-state index contributed by atoms with van der Waals surface area (Å²) in [7, 11) is 1.62. The van der Waals surface area contributed by atoms with E-state index in [0.717, 1.165) is 51.4 Å². The van der Waals surface area contributed by atoms with Gasteiger partial charge >= 0.3 is 0 Å². The number of benzene rings is 1. The third-order valence-corrected chi connectivity index (χ3v) is 5.67. The normalized spacial score (nSPS) is 13.9. The number of rotatable bonds is 10. The second-order valence-electron chi connectivity index (χ2n) is 7.62. The monoisotopic (exact) mass is 426 g/mol. The summed E-state index contributed by atoms with van der Waals surface area (Å²) >= 11 is 0. The van der Waals surface area contributed by atoms with Crippen LogP contribution in [-0.2, 0) is 0 Å². The summed E-state index contributed by atoms with van der Waals surface area (Å²) in [6, 6.07) is 9.09. The highest BCUT2D eigenvalue weighted by Crippen LogP contribution is 2.31. The number of hydrogen-bond acceptors (Lipinski definition) is 6. The molecule has 1 aromatic carbocycles. The second-order valence-corrected chi connectivity index (χ2v) is 7.62. The molecule has 2 aromatic rings. The van der Waals surface area contributed by atoms with Gasteiger partial charge in [0.1, 0.15) is 12.4 Å². The molecule has 0 atom stereocenters. The van der Waals surface area contributed by atoms with Crippen molar-refractivity contribution in [1.82, 2.24) is 9.88 Å². The first-order valence-corrected chi connectivity index (χ1v) is 11.2.